The van der Waals surface area contributed by atoms with E-state index in [0.29, 0.717) is 29.4 Å². The van der Waals surface area contributed by atoms with Crippen molar-refractivity contribution in [1.29, 1.82) is 0 Å². The van der Waals surface area contributed by atoms with Gasteiger partial charge in [-0.3, -0.25) is 0 Å². The standard InChI is InChI=1S/C14H18N4O4/c1-4-7-18-13(15-16-17-18)9-22-14(19)10-5-6-11(20-2)12(8-10)21-3/h5-6,8H,4,7,9H2,1-3H3. The number of carbonyl (C=O) groups is 1. The number of nitrogens with zero attached hydrogens (tertiary/aromatic N) is 4. The molecule has 22 heavy (non-hydrogen) atoms. The van der Waals surface area contributed by atoms with Gasteiger partial charge in [-0.05, 0) is 35.0 Å². The van der Waals surface area contributed by atoms with Crippen LogP contribution in [0.3, 0.4) is 0 Å². The third-order valence-electron chi connectivity index (χ3n) is 2.99. The summed E-state index contributed by atoms with van der Waals surface area (Å²) in [6.07, 6.45) is 0.891. The molecule has 8 heteroatoms. The van der Waals surface area contributed by atoms with Crippen LogP contribution in [0.1, 0.15) is 29.5 Å². The summed E-state index contributed by atoms with van der Waals surface area (Å²) >= 11 is 0. The number of aryl methyl sites for hydroxylation is 1. The monoisotopic (exact) mass is 306 g/mol. The van der Waals surface area contributed by atoms with Gasteiger partial charge in [0.15, 0.2) is 23.9 Å². The highest BCUT2D eigenvalue weighted by Crippen LogP contribution is 2.27. The molecule has 0 aliphatic carbocycles. The van der Waals surface area contributed by atoms with E-state index in [1.165, 1.54) is 14.2 Å². The normalized spacial score (nSPS) is 10.3. The minimum absolute atomic E-state index is 0.0141. The topological polar surface area (TPSA) is 88.4 Å². The van der Waals surface area contributed by atoms with Crippen LogP contribution < -0.4 is 9.47 Å². The van der Waals surface area contributed by atoms with Crippen LogP contribution in [0.2, 0.25) is 0 Å². The number of aromatic nitrogens is 4. The molecule has 0 atom stereocenters. The van der Waals surface area contributed by atoms with Crippen LogP contribution in [0.15, 0.2) is 18.2 Å². The first-order chi connectivity index (χ1) is 10.7. The lowest BCUT2D eigenvalue weighted by Crippen LogP contribution is -2.11. The summed E-state index contributed by atoms with van der Waals surface area (Å²) < 4.78 is 17.1. The van der Waals surface area contributed by atoms with Crippen LogP contribution in [0, 0.1) is 0 Å². The second-order valence-corrected chi connectivity index (χ2v) is 4.46. The van der Waals surface area contributed by atoms with Gasteiger partial charge in [0, 0.05) is 6.54 Å². The van der Waals surface area contributed by atoms with Crippen molar-refractivity contribution in [2.45, 2.75) is 26.5 Å². The van der Waals surface area contributed by atoms with E-state index in [2.05, 4.69) is 15.5 Å². The minimum Gasteiger partial charge on any atom is -0.493 e. The summed E-state index contributed by atoms with van der Waals surface area (Å²) in [5.41, 5.74) is 0.368. The lowest BCUT2D eigenvalue weighted by molar-refractivity contribution is 0.0456. The molecular formula is C14H18N4O4. The molecule has 0 spiro atoms. The van der Waals surface area contributed by atoms with Crippen molar-refractivity contribution in [1.82, 2.24) is 20.2 Å². The maximum atomic E-state index is 12.1. The van der Waals surface area contributed by atoms with Crippen LogP contribution in [-0.4, -0.2) is 40.4 Å². The van der Waals surface area contributed by atoms with E-state index in [9.17, 15) is 4.79 Å². The van der Waals surface area contributed by atoms with Crippen molar-refractivity contribution >= 4 is 5.97 Å². The Morgan fingerprint density at radius 2 is 2.00 bits per heavy atom. The number of esters is 1. The van der Waals surface area contributed by atoms with Gasteiger partial charge in [-0.15, -0.1) is 5.10 Å². The van der Waals surface area contributed by atoms with E-state index in [1.807, 2.05) is 6.92 Å². The Bertz CT molecular complexity index is 642. The minimum atomic E-state index is -0.480. The van der Waals surface area contributed by atoms with E-state index in [1.54, 1.807) is 22.9 Å². The summed E-state index contributed by atoms with van der Waals surface area (Å²) in [5.74, 6) is 1.04. The second-order valence-electron chi connectivity index (χ2n) is 4.46. The smallest absolute Gasteiger partial charge is 0.338 e. The Kier molecular flexibility index (Phi) is 5.29. The molecule has 2 aromatic rings. The Morgan fingerprint density at radius 1 is 1.23 bits per heavy atom. The van der Waals surface area contributed by atoms with Crippen molar-refractivity contribution in [2.75, 3.05) is 14.2 Å². The summed E-state index contributed by atoms with van der Waals surface area (Å²) in [7, 11) is 3.04. The zero-order chi connectivity index (χ0) is 15.9. The third-order valence-corrected chi connectivity index (χ3v) is 2.99. The fourth-order valence-electron chi connectivity index (χ4n) is 1.89. The van der Waals surface area contributed by atoms with E-state index in [4.69, 9.17) is 14.2 Å². The SMILES string of the molecule is CCCn1nnnc1COC(=O)c1ccc(OC)c(OC)c1. The Hall–Kier alpha value is -2.64. The second kappa shape index (κ2) is 7.39. The average Bonchev–Trinajstić information content (AvgIpc) is 2.99. The molecule has 1 heterocycles. The molecule has 0 saturated carbocycles. The van der Waals surface area contributed by atoms with Crippen molar-refractivity contribution < 1.29 is 19.0 Å². The highest BCUT2D eigenvalue weighted by molar-refractivity contribution is 5.90. The molecule has 8 nitrogen and oxygen atoms in total. The number of rotatable bonds is 7. The van der Waals surface area contributed by atoms with Crippen molar-refractivity contribution in [3.63, 3.8) is 0 Å². The van der Waals surface area contributed by atoms with Gasteiger partial charge in [0.05, 0.1) is 19.8 Å². The van der Waals surface area contributed by atoms with Gasteiger partial charge < -0.3 is 14.2 Å². The largest absolute Gasteiger partial charge is 0.493 e. The summed E-state index contributed by atoms with van der Waals surface area (Å²) in [6.45, 7) is 2.71. The van der Waals surface area contributed by atoms with Gasteiger partial charge in [-0.1, -0.05) is 6.92 Å². The molecule has 1 aromatic heterocycles. The first-order valence-electron chi connectivity index (χ1n) is 6.83. The third kappa shape index (κ3) is 3.51. The first kappa shape index (κ1) is 15.7. The number of hydrogen-bond donors (Lipinski definition) is 0. The summed E-state index contributed by atoms with van der Waals surface area (Å²) in [6, 6.07) is 4.82. The average molecular weight is 306 g/mol. The molecule has 0 saturated heterocycles. The maximum absolute atomic E-state index is 12.1. The molecule has 0 unspecified atom stereocenters. The molecule has 0 N–H and O–H groups in total. The van der Waals surface area contributed by atoms with Crippen LogP contribution in [0.25, 0.3) is 0 Å². The van der Waals surface area contributed by atoms with Crippen LogP contribution in [0.5, 0.6) is 11.5 Å². The molecule has 0 bridgehead atoms. The van der Waals surface area contributed by atoms with Gasteiger partial charge in [0.25, 0.3) is 0 Å². The molecule has 0 amide bonds. The summed E-state index contributed by atoms with van der Waals surface area (Å²) in [5, 5.41) is 11.3. The van der Waals surface area contributed by atoms with Crippen LogP contribution in [-0.2, 0) is 17.9 Å². The zero-order valence-corrected chi connectivity index (χ0v) is 12.8. The van der Waals surface area contributed by atoms with Gasteiger partial charge in [-0.2, -0.15) is 0 Å². The van der Waals surface area contributed by atoms with Gasteiger partial charge in [0.1, 0.15) is 0 Å². The van der Waals surface area contributed by atoms with Crippen LogP contribution >= 0.6 is 0 Å². The quantitative estimate of drug-likeness (QED) is 0.715. The van der Waals surface area contributed by atoms with Crippen molar-refractivity contribution in [3.8, 4) is 11.5 Å². The molecule has 118 valence electrons. The van der Waals surface area contributed by atoms with Gasteiger partial charge in [-0.25, -0.2) is 9.48 Å². The van der Waals surface area contributed by atoms with E-state index in [0.717, 1.165) is 6.42 Å². The van der Waals surface area contributed by atoms with Gasteiger partial charge in [0.2, 0.25) is 0 Å². The van der Waals surface area contributed by atoms with E-state index < -0.39 is 5.97 Å². The Labute approximate surface area is 128 Å². The number of carbonyl (C=O) groups excluding carboxylic acids is 1. The molecule has 0 fully saturated rings. The molecule has 1 aromatic carbocycles. The lowest BCUT2D eigenvalue weighted by Gasteiger charge is -2.09. The lowest BCUT2D eigenvalue weighted by atomic mass is 10.2. The number of methoxy groups -OCH3 is 2. The van der Waals surface area contributed by atoms with E-state index >= 15 is 0 Å². The fourth-order valence-corrected chi connectivity index (χ4v) is 1.89. The number of hydrogen-bond acceptors (Lipinski definition) is 7. The highest BCUT2D eigenvalue weighted by Gasteiger charge is 2.14. The molecule has 0 aliphatic heterocycles. The summed E-state index contributed by atoms with van der Waals surface area (Å²) in [4.78, 5) is 12.1. The number of tetrazole rings is 1. The predicted molar refractivity (Wildman–Crippen MR) is 76.8 cm³/mol. The number of ether oxygens (including phenoxy) is 3. The number of benzene rings is 1. The maximum Gasteiger partial charge on any atom is 0.338 e. The molecule has 0 aliphatic rings. The highest BCUT2D eigenvalue weighted by atomic mass is 16.5. The molecular weight excluding hydrogens is 288 g/mol. The van der Waals surface area contributed by atoms with E-state index in [-0.39, 0.29) is 6.61 Å². The van der Waals surface area contributed by atoms with Crippen molar-refractivity contribution in [3.05, 3.63) is 29.6 Å². The predicted octanol–water partition coefficient (Wildman–Crippen LogP) is 1.46. The first-order valence-corrected chi connectivity index (χ1v) is 6.83. The van der Waals surface area contributed by atoms with Crippen LogP contribution in [0.4, 0.5) is 0 Å². The van der Waals surface area contributed by atoms with Gasteiger partial charge >= 0.3 is 5.97 Å². The molecule has 2 rings (SSSR count). The van der Waals surface area contributed by atoms with Crippen molar-refractivity contribution in [2.24, 2.45) is 0 Å². The fraction of sp³-hybridized carbons (Fsp3) is 0.429. The Balaban J connectivity index is 2.04. The molecule has 0 radical (unpaired) electrons. The Morgan fingerprint density at radius 3 is 2.68 bits per heavy atom. The zero-order valence-electron chi connectivity index (χ0n) is 12.8.